The number of nitrogens with zero attached hydrogens (tertiary/aromatic N) is 1. The van der Waals surface area contributed by atoms with Gasteiger partial charge in [0.1, 0.15) is 4.32 Å². The molecule has 0 bridgehead atoms. The first-order valence-electron chi connectivity index (χ1n) is 3.74. The van der Waals surface area contributed by atoms with Gasteiger partial charge in [0.05, 0.1) is 0 Å². The molecule has 0 radical (unpaired) electrons. The van der Waals surface area contributed by atoms with Crippen LogP contribution >= 0.6 is 39.9 Å². The molecular formula is C9H10BrNS2. The summed E-state index contributed by atoms with van der Waals surface area (Å²) in [4.78, 5) is 3.09. The van der Waals surface area contributed by atoms with E-state index in [9.17, 15) is 0 Å². The smallest absolute Gasteiger partial charge is 0.140 e. The van der Waals surface area contributed by atoms with Gasteiger partial charge in [0, 0.05) is 23.5 Å². The Bertz CT molecular complexity index is 312. The van der Waals surface area contributed by atoms with Crippen molar-refractivity contribution in [2.24, 2.45) is 0 Å². The van der Waals surface area contributed by atoms with E-state index in [1.807, 2.05) is 37.2 Å². The molecule has 0 N–H and O–H groups in total. The van der Waals surface area contributed by atoms with Gasteiger partial charge in [0.25, 0.3) is 0 Å². The number of halogens is 1. The Morgan fingerprint density at radius 2 is 2.15 bits per heavy atom. The zero-order valence-electron chi connectivity index (χ0n) is 7.45. The summed E-state index contributed by atoms with van der Waals surface area (Å²) in [5.41, 5.74) is 0. The predicted molar refractivity (Wildman–Crippen MR) is 66.3 cm³/mol. The lowest BCUT2D eigenvalue weighted by Crippen LogP contribution is -2.15. The van der Waals surface area contributed by atoms with Crippen LogP contribution in [-0.4, -0.2) is 23.3 Å². The topological polar surface area (TPSA) is 3.24 Å². The minimum absolute atomic E-state index is 0.873. The molecule has 0 heterocycles. The summed E-state index contributed by atoms with van der Waals surface area (Å²) in [5, 5.41) is 0. The van der Waals surface area contributed by atoms with E-state index in [1.54, 1.807) is 11.8 Å². The van der Waals surface area contributed by atoms with Crippen molar-refractivity contribution < 1.29 is 0 Å². The fraction of sp³-hybridized carbons (Fsp3) is 0.222. The van der Waals surface area contributed by atoms with Crippen LogP contribution in [-0.2, 0) is 0 Å². The normalized spacial score (nSPS) is 9.77. The summed E-state index contributed by atoms with van der Waals surface area (Å²) in [5.74, 6) is 0. The van der Waals surface area contributed by atoms with Gasteiger partial charge < -0.3 is 4.90 Å². The van der Waals surface area contributed by atoms with Gasteiger partial charge >= 0.3 is 0 Å². The Balaban J connectivity index is 2.69. The lowest BCUT2D eigenvalue weighted by atomic mass is 10.4. The number of hydrogen-bond donors (Lipinski definition) is 0. The van der Waals surface area contributed by atoms with Crippen LogP contribution in [0.5, 0.6) is 0 Å². The number of rotatable bonds is 1. The molecule has 70 valence electrons. The Labute approximate surface area is 96.6 Å². The molecule has 0 saturated carbocycles. The first-order chi connectivity index (χ1) is 6.09. The van der Waals surface area contributed by atoms with E-state index >= 15 is 0 Å². The van der Waals surface area contributed by atoms with Crippen molar-refractivity contribution in [1.29, 1.82) is 0 Å². The van der Waals surface area contributed by atoms with Crippen LogP contribution in [0.2, 0.25) is 0 Å². The Morgan fingerprint density at radius 1 is 1.46 bits per heavy atom. The zero-order valence-corrected chi connectivity index (χ0v) is 10.7. The van der Waals surface area contributed by atoms with Gasteiger partial charge in [-0.05, 0) is 18.2 Å². The molecule has 1 rings (SSSR count). The summed E-state index contributed by atoms with van der Waals surface area (Å²) >= 11 is 10.2. The molecule has 0 aliphatic carbocycles. The molecule has 1 aromatic carbocycles. The van der Waals surface area contributed by atoms with Crippen molar-refractivity contribution >= 4 is 44.2 Å². The van der Waals surface area contributed by atoms with E-state index < -0.39 is 0 Å². The summed E-state index contributed by atoms with van der Waals surface area (Å²) in [6.07, 6.45) is 0. The highest BCUT2D eigenvalue weighted by molar-refractivity contribution is 9.10. The van der Waals surface area contributed by atoms with Crippen LogP contribution in [0.3, 0.4) is 0 Å². The van der Waals surface area contributed by atoms with Crippen LogP contribution in [0, 0.1) is 0 Å². The van der Waals surface area contributed by atoms with E-state index in [2.05, 4.69) is 22.0 Å². The molecular weight excluding hydrogens is 266 g/mol. The number of hydrogen-bond acceptors (Lipinski definition) is 2. The van der Waals surface area contributed by atoms with Crippen molar-refractivity contribution in [3.8, 4) is 0 Å². The van der Waals surface area contributed by atoms with Gasteiger partial charge in [0.15, 0.2) is 0 Å². The monoisotopic (exact) mass is 275 g/mol. The van der Waals surface area contributed by atoms with Crippen LogP contribution in [0.4, 0.5) is 0 Å². The number of thiocarbonyl (C=S) groups is 1. The van der Waals surface area contributed by atoms with Crippen molar-refractivity contribution in [1.82, 2.24) is 4.90 Å². The van der Waals surface area contributed by atoms with Crippen molar-refractivity contribution in [2.45, 2.75) is 4.90 Å². The van der Waals surface area contributed by atoms with Crippen LogP contribution < -0.4 is 0 Å². The first-order valence-corrected chi connectivity index (χ1v) is 5.76. The summed E-state index contributed by atoms with van der Waals surface area (Å²) in [6.45, 7) is 0. The molecule has 13 heavy (non-hydrogen) atoms. The molecule has 0 atom stereocenters. The third-order valence-electron chi connectivity index (χ3n) is 1.37. The molecule has 4 heteroatoms. The molecule has 0 amide bonds. The lowest BCUT2D eigenvalue weighted by molar-refractivity contribution is 0.648. The third-order valence-corrected chi connectivity index (χ3v) is 3.50. The maximum absolute atomic E-state index is 5.18. The average Bonchev–Trinajstić information content (AvgIpc) is 2.04. The van der Waals surface area contributed by atoms with Gasteiger partial charge in [-0.15, -0.1) is 0 Å². The quantitative estimate of drug-likeness (QED) is 0.572. The van der Waals surface area contributed by atoms with Gasteiger partial charge in [-0.25, -0.2) is 0 Å². The minimum Gasteiger partial charge on any atom is -0.363 e. The van der Waals surface area contributed by atoms with Crippen LogP contribution in [0.1, 0.15) is 0 Å². The number of benzene rings is 1. The highest BCUT2D eigenvalue weighted by Gasteiger charge is 2.01. The zero-order chi connectivity index (χ0) is 9.84. The van der Waals surface area contributed by atoms with Crippen molar-refractivity contribution in [3.63, 3.8) is 0 Å². The van der Waals surface area contributed by atoms with E-state index in [-0.39, 0.29) is 0 Å². The van der Waals surface area contributed by atoms with Gasteiger partial charge in [-0.1, -0.05) is 46.0 Å². The second-order valence-electron chi connectivity index (χ2n) is 2.72. The first kappa shape index (κ1) is 11.0. The SMILES string of the molecule is CN(C)C(=S)Sc1cccc(Br)c1. The summed E-state index contributed by atoms with van der Waals surface area (Å²) in [7, 11) is 3.90. The third kappa shape index (κ3) is 3.67. The van der Waals surface area contributed by atoms with Crippen molar-refractivity contribution in [2.75, 3.05) is 14.1 Å². The second-order valence-corrected chi connectivity index (χ2v) is 5.34. The predicted octanol–water partition coefficient (Wildman–Crippen LogP) is 3.39. The molecule has 1 nitrogen and oxygen atoms in total. The maximum atomic E-state index is 5.18. The fourth-order valence-corrected chi connectivity index (χ4v) is 2.28. The Morgan fingerprint density at radius 3 is 2.69 bits per heavy atom. The van der Waals surface area contributed by atoms with E-state index in [1.165, 1.54) is 0 Å². The average molecular weight is 276 g/mol. The molecule has 0 fully saturated rings. The molecule has 0 aromatic heterocycles. The van der Waals surface area contributed by atoms with E-state index in [0.29, 0.717) is 0 Å². The minimum atomic E-state index is 0.873. The highest BCUT2D eigenvalue weighted by Crippen LogP contribution is 2.23. The van der Waals surface area contributed by atoms with Crippen LogP contribution in [0.25, 0.3) is 0 Å². The molecule has 0 saturated heterocycles. The molecule has 1 aromatic rings. The molecule has 0 unspecified atom stereocenters. The number of thioether (sulfide) groups is 1. The second kappa shape index (κ2) is 4.98. The Kier molecular flexibility index (Phi) is 4.22. The standard InChI is InChI=1S/C9H10BrNS2/c1-11(2)9(12)13-8-5-3-4-7(10)6-8/h3-6H,1-2H3. The van der Waals surface area contributed by atoms with E-state index in [4.69, 9.17) is 12.2 Å². The molecule has 0 aliphatic heterocycles. The van der Waals surface area contributed by atoms with E-state index in [0.717, 1.165) is 13.7 Å². The van der Waals surface area contributed by atoms with Crippen molar-refractivity contribution in [3.05, 3.63) is 28.7 Å². The largest absolute Gasteiger partial charge is 0.363 e. The summed E-state index contributed by atoms with van der Waals surface area (Å²) < 4.78 is 1.96. The van der Waals surface area contributed by atoms with Crippen LogP contribution in [0.15, 0.2) is 33.6 Å². The summed E-state index contributed by atoms with van der Waals surface area (Å²) in [6, 6.07) is 8.11. The molecule has 0 spiro atoms. The maximum Gasteiger partial charge on any atom is 0.140 e. The fourth-order valence-electron chi connectivity index (χ4n) is 0.723. The van der Waals surface area contributed by atoms with Gasteiger partial charge in [-0.2, -0.15) is 0 Å². The molecule has 0 aliphatic rings. The van der Waals surface area contributed by atoms with Gasteiger partial charge in [-0.3, -0.25) is 0 Å². The highest BCUT2D eigenvalue weighted by atomic mass is 79.9. The van der Waals surface area contributed by atoms with Gasteiger partial charge in [0.2, 0.25) is 0 Å². The Hall–Kier alpha value is -0.0600. The lowest BCUT2D eigenvalue weighted by Gasteiger charge is -2.12.